The van der Waals surface area contributed by atoms with Crippen molar-refractivity contribution in [3.63, 3.8) is 0 Å². The number of carbonyl (C=O) groups is 1. The lowest BCUT2D eigenvalue weighted by Crippen LogP contribution is -2.27. The molecule has 0 aliphatic carbocycles. The fourth-order valence-corrected chi connectivity index (χ4v) is 3.93. The lowest BCUT2D eigenvalue weighted by atomic mass is 10.0. The van der Waals surface area contributed by atoms with Crippen molar-refractivity contribution in [3.05, 3.63) is 62.8 Å². The van der Waals surface area contributed by atoms with Crippen molar-refractivity contribution in [3.8, 4) is 5.69 Å². The zero-order chi connectivity index (χ0) is 18.8. The van der Waals surface area contributed by atoms with E-state index in [1.807, 2.05) is 37.3 Å². The minimum absolute atomic E-state index is 0.200. The van der Waals surface area contributed by atoms with Gasteiger partial charge in [0, 0.05) is 11.9 Å². The van der Waals surface area contributed by atoms with E-state index in [0.29, 0.717) is 22.6 Å². The molecule has 0 radical (unpaired) electrons. The number of nitrogens with zero attached hydrogens (tertiary/aromatic N) is 4. The van der Waals surface area contributed by atoms with Gasteiger partial charge in [-0.15, -0.1) is 16.4 Å². The highest BCUT2D eigenvalue weighted by Crippen LogP contribution is 2.24. The van der Waals surface area contributed by atoms with Gasteiger partial charge in [0.05, 0.1) is 16.6 Å². The summed E-state index contributed by atoms with van der Waals surface area (Å²) in [5, 5.41) is 4.48. The second-order valence-electron chi connectivity index (χ2n) is 6.47. The van der Waals surface area contributed by atoms with Gasteiger partial charge >= 0.3 is 0 Å². The molecule has 2 heterocycles. The van der Waals surface area contributed by atoms with Gasteiger partial charge in [-0.3, -0.25) is 4.79 Å². The molecule has 5 nitrogen and oxygen atoms in total. The van der Waals surface area contributed by atoms with Crippen LogP contribution in [0.4, 0.5) is 0 Å². The third-order valence-corrected chi connectivity index (χ3v) is 5.33. The molecule has 1 aromatic carbocycles. The lowest BCUT2D eigenvalue weighted by molar-refractivity contribution is 0.0774. The zero-order valence-electron chi connectivity index (χ0n) is 15.2. The number of hydrogen-bond acceptors (Lipinski definition) is 4. The third-order valence-electron chi connectivity index (χ3n) is 4.12. The number of hydrogen-bond donors (Lipinski definition) is 0. The molecule has 0 aliphatic rings. The summed E-state index contributed by atoms with van der Waals surface area (Å²) in [6.07, 6.45) is 0. The first-order valence-corrected chi connectivity index (χ1v) is 9.59. The number of amides is 1. The van der Waals surface area contributed by atoms with Gasteiger partial charge in [-0.1, -0.05) is 43.6 Å². The average Bonchev–Trinajstić information content (AvgIpc) is 3.19. The number of aromatic nitrogens is 3. The first-order chi connectivity index (χ1) is 12.4. The molecule has 0 saturated carbocycles. The van der Waals surface area contributed by atoms with Crippen LogP contribution in [0.3, 0.4) is 0 Å². The van der Waals surface area contributed by atoms with E-state index >= 15 is 0 Å². The minimum atomic E-state index is -0.210. The third kappa shape index (κ3) is 3.81. The maximum absolute atomic E-state index is 12.7. The smallest absolute Gasteiger partial charge is 0.293 e. The molecule has 0 saturated heterocycles. The molecule has 26 heavy (non-hydrogen) atoms. The van der Waals surface area contributed by atoms with Gasteiger partial charge in [0.25, 0.3) is 5.91 Å². The molecule has 1 amide bonds. The van der Waals surface area contributed by atoms with Crippen molar-refractivity contribution in [2.75, 3.05) is 7.05 Å². The SMILES string of the molecule is Cc1nc(C(=O)N(C)Cc2ccc(Cl)s2)nn1-c1ccccc1C(C)C. The first-order valence-electron chi connectivity index (χ1n) is 8.39. The average molecular weight is 389 g/mol. The summed E-state index contributed by atoms with van der Waals surface area (Å²) in [6, 6.07) is 11.8. The van der Waals surface area contributed by atoms with Crippen LogP contribution in [0, 0.1) is 6.92 Å². The van der Waals surface area contributed by atoms with Gasteiger partial charge in [-0.25, -0.2) is 9.67 Å². The Hall–Kier alpha value is -2.18. The van der Waals surface area contributed by atoms with Crippen molar-refractivity contribution in [1.82, 2.24) is 19.7 Å². The Morgan fingerprint density at radius 3 is 2.65 bits per heavy atom. The molecule has 0 unspecified atom stereocenters. The molecular weight excluding hydrogens is 368 g/mol. The lowest BCUT2D eigenvalue weighted by Gasteiger charge is -2.14. The second-order valence-corrected chi connectivity index (χ2v) is 8.27. The van der Waals surface area contributed by atoms with Crippen LogP contribution < -0.4 is 0 Å². The molecule has 2 aromatic heterocycles. The predicted octanol–water partition coefficient (Wildman–Crippen LogP) is 4.69. The van der Waals surface area contributed by atoms with E-state index < -0.39 is 0 Å². The number of benzene rings is 1. The summed E-state index contributed by atoms with van der Waals surface area (Å²) in [7, 11) is 1.74. The van der Waals surface area contributed by atoms with Crippen LogP contribution >= 0.6 is 22.9 Å². The highest BCUT2D eigenvalue weighted by molar-refractivity contribution is 7.16. The Balaban J connectivity index is 1.87. The summed E-state index contributed by atoms with van der Waals surface area (Å²) in [6.45, 7) is 6.61. The van der Waals surface area contributed by atoms with Crippen LogP contribution in [0.5, 0.6) is 0 Å². The fraction of sp³-hybridized carbons (Fsp3) is 0.316. The number of thiophene rings is 1. The monoisotopic (exact) mass is 388 g/mol. The van der Waals surface area contributed by atoms with E-state index in [-0.39, 0.29) is 11.7 Å². The molecule has 0 spiro atoms. The Labute approximate surface area is 162 Å². The van der Waals surface area contributed by atoms with Gasteiger partial charge in [-0.2, -0.15) is 0 Å². The number of aryl methyl sites for hydroxylation is 1. The Morgan fingerprint density at radius 1 is 1.27 bits per heavy atom. The topological polar surface area (TPSA) is 51.0 Å². The molecule has 3 rings (SSSR count). The number of rotatable bonds is 5. The molecular formula is C19H21ClN4OS. The predicted molar refractivity (Wildman–Crippen MR) is 105 cm³/mol. The van der Waals surface area contributed by atoms with E-state index in [9.17, 15) is 4.79 Å². The molecule has 7 heteroatoms. The van der Waals surface area contributed by atoms with Crippen molar-refractivity contribution in [2.24, 2.45) is 0 Å². The van der Waals surface area contributed by atoms with Crippen LogP contribution in [0.2, 0.25) is 4.34 Å². The Morgan fingerprint density at radius 2 is 2.00 bits per heavy atom. The highest BCUT2D eigenvalue weighted by Gasteiger charge is 2.21. The fourth-order valence-electron chi connectivity index (χ4n) is 2.79. The Bertz CT molecular complexity index is 931. The van der Waals surface area contributed by atoms with Crippen LogP contribution in [-0.2, 0) is 6.54 Å². The summed E-state index contributed by atoms with van der Waals surface area (Å²) in [4.78, 5) is 19.8. The number of para-hydroxylation sites is 1. The normalized spacial score (nSPS) is 11.2. The van der Waals surface area contributed by atoms with Gasteiger partial charge in [0.15, 0.2) is 0 Å². The van der Waals surface area contributed by atoms with Crippen molar-refractivity contribution in [2.45, 2.75) is 33.2 Å². The van der Waals surface area contributed by atoms with E-state index in [2.05, 4.69) is 30.0 Å². The second kappa shape index (κ2) is 7.60. The quantitative estimate of drug-likeness (QED) is 0.637. The maximum Gasteiger partial charge on any atom is 0.293 e. The zero-order valence-corrected chi connectivity index (χ0v) is 16.8. The Kier molecular flexibility index (Phi) is 5.44. The van der Waals surface area contributed by atoms with Crippen LogP contribution in [0.15, 0.2) is 36.4 Å². The van der Waals surface area contributed by atoms with Crippen LogP contribution in [-0.4, -0.2) is 32.6 Å². The standard InChI is InChI=1S/C19H21ClN4OS/c1-12(2)15-7-5-6-8-16(15)24-13(3)21-18(22-24)19(25)23(4)11-14-9-10-17(20)26-14/h5-10,12H,11H2,1-4H3. The largest absolute Gasteiger partial charge is 0.334 e. The van der Waals surface area contributed by atoms with E-state index in [0.717, 1.165) is 10.6 Å². The summed E-state index contributed by atoms with van der Waals surface area (Å²) < 4.78 is 2.46. The van der Waals surface area contributed by atoms with Crippen LogP contribution in [0.1, 0.15) is 46.6 Å². The summed E-state index contributed by atoms with van der Waals surface area (Å²) >= 11 is 7.42. The first kappa shape index (κ1) is 18.6. The van der Waals surface area contributed by atoms with Gasteiger partial charge in [-0.05, 0) is 36.6 Å². The minimum Gasteiger partial charge on any atom is -0.334 e. The molecule has 136 valence electrons. The van der Waals surface area contributed by atoms with E-state index in [1.165, 1.54) is 16.9 Å². The van der Waals surface area contributed by atoms with Crippen molar-refractivity contribution >= 4 is 28.8 Å². The highest BCUT2D eigenvalue weighted by atomic mass is 35.5. The summed E-state index contributed by atoms with van der Waals surface area (Å²) in [5.41, 5.74) is 2.13. The molecule has 0 bridgehead atoms. The van der Waals surface area contributed by atoms with Crippen molar-refractivity contribution < 1.29 is 4.79 Å². The number of halogens is 1. The maximum atomic E-state index is 12.7. The molecule has 0 aliphatic heterocycles. The van der Waals surface area contributed by atoms with Crippen molar-refractivity contribution in [1.29, 1.82) is 0 Å². The van der Waals surface area contributed by atoms with E-state index in [4.69, 9.17) is 11.6 Å². The van der Waals surface area contributed by atoms with E-state index in [1.54, 1.807) is 16.6 Å². The van der Waals surface area contributed by atoms with Crippen LogP contribution in [0.25, 0.3) is 5.69 Å². The molecule has 0 fully saturated rings. The molecule has 0 atom stereocenters. The molecule has 3 aromatic rings. The summed E-state index contributed by atoms with van der Waals surface area (Å²) in [5.74, 6) is 1.03. The molecule has 0 N–H and O–H groups in total. The van der Waals surface area contributed by atoms with Gasteiger partial charge < -0.3 is 4.90 Å². The van der Waals surface area contributed by atoms with Gasteiger partial charge in [0.1, 0.15) is 5.82 Å². The number of carbonyl (C=O) groups excluding carboxylic acids is 1. The van der Waals surface area contributed by atoms with Gasteiger partial charge in [0.2, 0.25) is 5.82 Å².